The molecule has 3 aromatic rings. The zero-order chi connectivity index (χ0) is 14.1. The fourth-order valence-electron chi connectivity index (χ4n) is 2.32. The second-order valence-electron chi connectivity index (χ2n) is 4.33. The van der Waals surface area contributed by atoms with Crippen LogP contribution >= 0.6 is 0 Å². The van der Waals surface area contributed by atoms with Crippen LogP contribution in [-0.4, -0.2) is 19.5 Å². The van der Waals surface area contributed by atoms with Crippen molar-refractivity contribution in [2.45, 2.75) is 13.3 Å². The second kappa shape index (κ2) is 4.73. The lowest BCUT2D eigenvalue weighted by molar-refractivity contribution is -0.383. The van der Waals surface area contributed by atoms with Crippen molar-refractivity contribution in [1.29, 1.82) is 0 Å². The summed E-state index contributed by atoms with van der Waals surface area (Å²) in [6.45, 7) is 2.02. The third-order valence-corrected chi connectivity index (χ3v) is 3.22. The van der Waals surface area contributed by atoms with Gasteiger partial charge < -0.3 is 4.57 Å². The lowest BCUT2D eigenvalue weighted by atomic mass is 10.1. The maximum atomic E-state index is 11.1. The molecule has 20 heavy (non-hydrogen) atoms. The Morgan fingerprint density at radius 1 is 1.25 bits per heavy atom. The molecule has 6 heteroatoms. The van der Waals surface area contributed by atoms with Crippen molar-refractivity contribution in [1.82, 2.24) is 14.5 Å². The van der Waals surface area contributed by atoms with E-state index in [0.717, 1.165) is 23.3 Å². The Morgan fingerprint density at radius 3 is 2.85 bits per heavy atom. The van der Waals surface area contributed by atoms with Crippen molar-refractivity contribution >= 4 is 16.6 Å². The van der Waals surface area contributed by atoms with Crippen LogP contribution < -0.4 is 0 Å². The van der Waals surface area contributed by atoms with Crippen LogP contribution in [0.5, 0.6) is 0 Å². The Bertz CT molecular complexity index is 795. The molecule has 0 aliphatic rings. The van der Waals surface area contributed by atoms with E-state index in [1.807, 2.05) is 23.8 Å². The highest BCUT2D eigenvalue weighted by Crippen LogP contribution is 2.29. The molecule has 3 rings (SSSR count). The van der Waals surface area contributed by atoms with Crippen molar-refractivity contribution in [2.24, 2.45) is 0 Å². The predicted octanol–water partition coefficient (Wildman–Crippen LogP) is 2.89. The van der Waals surface area contributed by atoms with E-state index in [9.17, 15) is 10.1 Å². The number of fused-ring (bicyclic) bond motifs is 1. The third-order valence-electron chi connectivity index (χ3n) is 3.22. The molecule has 0 radical (unpaired) electrons. The van der Waals surface area contributed by atoms with Gasteiger partial charge in [-0.2, -0.15) is 0 Å². The van der Waals surface area contributed by atoms with Gasteiger partial charge in [-0.3, -0.25) is 10.1 Å². The fourth-order valence-corrected chi connectivity index (χ4v) is 2.32. The summed E-state index contributed by atoms with van der Waals surface area (Å²) in [5.74, 6) is 0.906. The molecule has 0 saturated carbocycles. The highest BCUT2D eigenvalue weighted by molar-refractivity contribution is 5.93. The molecule has 0 aliphatic carbocycles. The number of nitro benzene ring substituents is 1. The normalized spacial score (nSPS) is 10.8. The first-order valence-electron chi connectivity index (χ1n) is 6.27. The summed E-state index contributed by atoms with van der Waals surface area (Å²) < 4.78 is 1.94. The van der Waals surface area contributed by atoms with E-state index >= 15 is 0 Å². The molecular formula is C14H12N4O2. The van der Waals surface area contributed by atoms with Crippen LogP contribution in [0.3, 0.4) is 0 Å². The molecule has 0 unspecified atom stereocenters. The van der Waals surface area contributed by atoms with E-state index in [1.54, 1.807) is 24.5 Å². The summed E-state index contributed by atoms with van der Waals surface area (Å²) in [6, 6.07) is 6.84. The minimum absolute atomic E-state index is 0.0162. The third kappa shape index (κ3) is 1.82. The molecule has 0 fully saturated rings. The average molecular weight is 268 g/mol. The van der Waals surface area contributed by atoms with Gasteiger partial charge in [0.05, 0.1) is 10.6 Å². The van der Waals surface area contributed by atoms with Gasteiger partial charge in [-0.15, -0.1) is 0 Å². The number of benzene rings is 1. The fraction of sp³-hybridized carbons (Fsp3) is 0.143. The van der Waals surface area contributed by atoms with E-state index in [0.29, 0.717) is 5.52 Å². The molecular weight excluding hydrogens is 256 g/mol. The van der Waals surface area contributed by atoms with Crippen LogP contribution in [0.1, 0.15) is 12.7 Å². The van der Waals surface area contributed by atoms with Crippen LogP contribution in [0.15, 0.2) is 42.9 Å². The maximum absolute atomic E-state index is 11.1. The summed E-state index contributed by atoms with van der Waals surface area (Å²) in [6.07, 6.45) is 5.92. The number of hydrogen-bond donors (Lipinski definition) is 0. The Labute approximate surface area is 114 Å². The quantitative estimate of drug-likeness (QED) is 0.540. The minimum Gasteiger partial charge on any atom is -0.303 e. The summed E-state index contributed by atoms with van der Waals surface area (Å²) in [5.41, 5.74) is 1.27. The van der Waals surface area contributed by atoms with Crippen molar-refractivity contribution in [3.05, 3.63) is 58.8 Å². The Kier molecular flexibility index (Phi) is 2.90. The molecule has 0 amide bonds. The smallest absolute Gasteiger partial charge is 0.295 e. The first-order chi connectivity index (χ1) is 9.72. The lowest BCUT2D eigenvalue weighted by Crippen LogP contribution is -2.01. The molecule has 0 saturated heterocycles. The van der Waals surface area contributed by atoms with Gasteiger partial charge >= 0.3 is 0 Å². The van der Waals surface area contributed by atoms with Gasteiger partial charge in [0.1, 0.15) is 11.3 Å². The van der Waals surface area contributed by atoms with E-state index < -0.39 is 4.92 Å². The van der Waals surface area contributed by atoms with Gasteiger partial charge in [-0.1, -0.05) is 6.92 Å². The molecule has 2 aromatic heterocycles. The van der Waals surface area contributed by atoms with Crippen molar-refractivity contribution in [2.75, 3.05) is 0 Å². The summed E-state index contributed by atoms with van der Waals surface area (Å²) >= 11 is 0. The van der Waals surface area contributed by atoms with E-state index in [4.69, 9.17) is 0 Å². The van der Waals surface area contributed by atoms with Crippen LogP contribution in [0.2, 0.25) is 0 Å². The molecule has 0 spiro atoms. The number of aromatic nitrogens is 3. The number of pyridine rings is 1. The molecule has 6 nitrogen and oxygen atoms in total. The Morgan fingerprint density at radius 2 is 2.10 bits per heavy atom. The lowest BCUT2D eigenvalue weighted by Gasteiger charge is -2.10. The standard InChI is InChI=1S/C14H12N4O2/c1-2-13-15-8-9-17(13)11-5-6-12(18(19)20)14-10(11)4-3-7-16-14/h3-9H,2H2,1H3. The predicted molar refractivity (Wildman–Crippen MR) is 74.9 cm³/mol. The average Bonchev–Trinajstić information content (AvgIpc) is 2.94. The first-order valence-corrected chi connectivity index (χ1v) is 6.27. The number of aryl methyl sites for hydroxylation is 1. The molecule has 100 valence electrons. The maximum Gasteiger partial charge on any atom is 0.295 e. The van der Waals surface area contributed by atoms with Crippen molar-refractivity contribution < 1.29 is 4.92 Å². The van der Waals surface area contributed by atoms with Gasteiger partial charge in [0.2, 0.25) is 0 Å². The topological polar surface area (TPSA) is 73.8 Å². The molecule has 0 N–H and O–H groups in total. The van der Waals surface area contributed by atoms with E-state index in [2.05, 4.69) is 9.97 Å². The number of imidazole rings is 1. The number of hydrogen-bond acceptors (Lipinski definition) is 4. The molecule has 2 heterocycles. The van der Waals surface area contributed by atoms with Crippen molar-refractivity contribution in [3.8, 4) is 5.69 Å². The minimum atomic E-state index is -0.409. The molecule has 0 aliphatic heterocycles. The Balaban J connectivity index is 2.34. The Hall–Kier alpha value is -2.76. The van der Waals surface area contributed by atoms with E-state index in [1.165, 1.54) is 6.07 Å². The number of rotatable bonds is 3. The van der Waals surface area contributed by atoms with Gasteiger partial charge in [0.25, 0.3) is 5.69 Å². The second-order valence-corrected chi connectivity index (χ2v) is 4.33. The largest absolute Gasteiger partial charge is 0.303 e. The first kappa shape index (κ1) is 12.3. The molecule has 0 atom stereocenters. The van der Waals surface area contributed by atoms with Crippen LogP contribution in [0.4, 0.5) is 5.69 Å². The van der Waals surface area contributed by atoms with Crippen LogP contribution in [0.25, 0.3) is 16.6 Å². The van der Waals surface area contributed by atoms with E-state index in [-0.39, 0.29) is 5.69 Å². The van der Waals surface area contributed by atoms with Gasteiger partial charge in [0.15, 0.2) is 0 Å². The van der Waals surface area contributed by atoms with Gasteiger partial charge in [-0.05, 0) is 18.2 Å². The van der Waals surface area contributed by atoms with Gasteiger partial charge in [0, 0.05) is 36.5 Å². The van der Waals surface area contributed by atoms with Crippen LogP contribution in [0, 0.1) is 10.1 Å². The SMILES string of the molecule is CCc1nccn1-c1ccc([N+](=O)[O-])c2ncccc12. The highest BCUT2D eigenvalue weighted by atomic mass is 16.6. The molecule has 0 bridgehead atoms. The summed E-state index contributed by atoms with van der Waals surface area (Å²) in [5, 5.41) is 11.8. The monoisotopic (exact) mass is 268 g/mol. The zero-order valence-corrected chi connectivity index (χ0v) is 10.9. The number of nitro groups is 1. The molecule has 1 aromatic carbocycles. The summed E-state index contributed by atoms with van der Waals surface area (Å²) in [4.78, 5) is 19.1. The summed E-state index contributed by atoms with van der Waals surface area (Å²) in [7, 11) is 0. The highest BCUT2D eigenvalue weighted by Gasteiger charge is 2.16. The van der Waals surface area contributed by atoms with Crippen molar-refractivity contribution in [3.63, 3.8) is 0 Å². The number of nitrogens with zero attached hydrogens (tertiary/aromatic N) is 4. The zero-order valence-electron chi connectivity index (χ0n) is 10.9. The van der Waals surface area contributed by atoms with Crippen LogP contribution in [-0.2, 0) is 6.42 Å². The van der Waals surface area contributed by atoms with Gasteiger partial charge in [-0.25, -0.2) is 9.97 Å². The number of non-ortho nitro benzene ring substituents is 1.